The van der Waals surface area contributed by atoms with Gasteiger partial charge in [0, 0.05) is 10.6 Å². The van der Waals surface area contributed by atoms with Gasteiger partial charge in [-0.05, 0) is 73.2 Å². The van der Waals surface area contributed by atoms with Crippen molar-refractivity contribution in [2.24, 2.45) is 5.10 Å². The number of hydrogen-bond acceptors (Lipinski definition) is 6. The van der Waals surface area contributed by atoms with Crippen LogP contribution in [0.25, 0.3) is 0 Å². The first-order chi connectivity index (χ1) is 19.7. The number of nitrogens with zero attached hydrogens (tertiary/aromatic N) is 2. The normalized spacial score (nSPS) is 11.3. The van der Waals surface area contributed by atoms with Gasteiger partial charge in [0.1, 0.15) is 24.7 Å². The summed E-state index contributed by atoms with van der Waals surface area (Å²) in [6.45, 7) is 1.64. The van der Waals surface area contributed by atoms with Crippen LogP contribution in [-0.2, 0) is 21.4 Å². The van der Waals surface area contributed by atoms with Crippen LogP contribution in [0.15, 0.2) is 101 Å². The zero-order chi connectivity index (χ0) is 29.4. The van der Waals surface area contributed by atoms with Gasteiger partial charge in [-0.25, -0.2) is 13.8 Å². The summed E-state index contributed by atoms with van der Waals surface area (Å²) >= 11 is 12.4. The van der Waals surface area contributed by atoms with Gasteiger partial charge in [-0.3, -0.25) is 9.10 Å². The molecule has 0 aromatic heterocycles. The maximum Gasteiger partial charge on any atom is 0.264 e. The van der Waals surface area contributed by atoms with E-state index in [-0.39, 0.29) is 15.6 Å². The molecule has 0 spiro atoms. The van der Waals surface area contributed by atoms with Crippen molar-refractivity contribution >= 4 is 51.0 Å². The third-order valence-electron chi connectivity index (χ3n) is 5.95. The predicted octanol–water partition coefficient (Wildman–Crippen LogP) is 6.24. The van der Waals surface area contributed by atoms with Crippen LogP contribution < -0.4 is 19.2 Å². The Labute approximate surface area is 249 Å². The molecule has 0 atom stereocenters. The number of rotatable bonds is 11. The fraction of sp³-hybridized carbons (Fsp3) is 0.133. The van der Waals surface area contributed by atoms with E-state index in [1.807, 2.05) is 25.1 Å². The zero-order valence-corrected chi connectivity index (χ0v) is 24.6. The largest absolute Gasteiger partial charge is 0.495 e. The van der Waals surface area contributed by atoms with Gasteiger partial charge < -0.3 is 9.47 Å². The Kier molecular flexibility index (Phi) is 9.88. The second-order valence-corrected chi connectivity index (χ2v) is 11.6. The third kappa shape index (κ3) is 7.79. The van der Waals surface area contributed by atoms with E-state index in [9.17, 15) is 13.2 Å². The van der Waals surface area contributed by atoms with Gasteiger partial charge in [-0.15, -0.1) is 0 Å². The Hall–Kier alpha value is -4.05. The topological polar surface area (TPSA) is 97.3 Å². The quantitative estimate of drug-likeness (QED) is 0.160. The van der Waals surface area contributed by atoms with Crippen LogP contribution in [0.1, 0.15) is 16.7 Å². The van der Waals surface area contributed by atoms with Gasteiger partial charge in [0.25, 0.3) is 15.9 Å². The van der Waals surface area contributed by atoms with Crippen LogP contribution in [0, 0.1) is 6.92 Å². The number of benzene rings is 4. The molecule has 4 aromatic rings. The Bertz CT molecular complexity index is 1640. The monoisotopic (exact) mass is 611 g/mol. The number of aryl methyl sites for hydroxylation is 1. The summed E-state index contributed by atoms with van der Waals surface area (Å²) in [5.41, 5.74) is 5.05. The summed E-state index contributed by atoms with van der Waals surface area (Å²) in [7, 11) is -2.66. The number of halogens is 2. The van der Waals surface area contributed by atoms with Gasteiger partial charge in [0.05, 0.1) is 28.9 Å². The van der Waals surface area contributed by atoms with E-state index in [1.165, 1.54) is 43.7 Å². The van der Waals surface area contributed by atoms with Crippen LogP contribution in [0.3, 0.4) is 0 Å². The Morgan fingerprint density at radius 2 is 1.66 bits per heavy atom. The number of nitrogens with one attached hydrogen (secondary N) is 1. The van der Waals surface area contributed by atoms with E-state index >= 15 is 0 Å². The number of carbonyl (C=O) groups excluding carboxylic acids is 1. The highest BCUT2D eigenvalue weighted by molar-refractivity contribution is 7.92. The van der Waals surface area contributed by atoms with E-state index in [4.69, 9.17) is 32.7 Å². The number of carbonyl (C=O) groups is 1. The molecule has 212 valence electrons. The molecule has 0 unspecified atom stereocenters. The molecule has 0 aliphatic carbocycles. The third-order valence-corrected chi connectivity index (χ3v) is 8.41. The van der Waals surface area contributed by atoms with Crippen LogP contribution in [0.2, 0.25) is 10.0 Å². The smallest absolute Gasteiger partial charge is 0.264 e. The lowest BCUT2D eigenvalue weighted by Gasteiger charge is -2.24. The Morgan fingerprint density at radius 3 is 2.32 bits per heavy atom. The standard InChI is InChI=1S/C30H27Cl2N3O5S/c1-21-7-14-26(15-8-21)41(37,38)35(24-11-16-29(39-2)28(32)17-24)19-30(36)34-33-18-22-9-12-25(13-10-22)40-20-23-5-3-4-6-27(23)31/h3-18H,19-20H2,1-2H3,(H,34,36)/b33-18-. The molecular formula is C30H27Cl2N3O5S. The summed E-state index contributed by atoms with van der Waals surface area (Å²) in [5.74, 6) is 0.363. The van der Waals surface area contributed by atoms with Crippen LogP contribution in [-0.4, -0.2) is 34.2 Å². The molecule has 0 bridgehead atoms. The van der Waals surface area contributed by atoms with E-state index < -0.39 is 22.5 Å². The number of amides is 1. The van der Waals surface area contributed by atoms with Crippen molar-refractivity contribution in [3.63, 3.8) is 0 Å². The van der Waals surface area contributed by atoms with Gasteiger partial charge in [-0.2, -0.15) is 5.10 Å². The Balaban J connectivity index is 1.44. The first-order valence-corrected chi connectivity index (χ1v) is 14.6. The lowest BCUT2D eigenvalue weighted by molar-refractivity contribution is -0.119. The molecule has 0 saturated heterocycles. The minimum atomic E-state index is -4.11. The van der Waals surface area contributed by atoms with Crippen LogP contribution in [0.4, 0.5) is 5.69 Å². The fourth-order valence-electron chi connectivity index (χ4n) is 3.73. The van der Waals surface area contributed by atoms with Gasteiger partial charge in [0.15, 0.2) is 0 Å². The fourth-order valence-corrected chi connectivity index (χ4v) is 5.59. The molecule has 1 amide bonds. The average molecular weight is 613 g/mol. The maximum absolute atomic E-state index is 13.5. The summed E-state index contributed by atoms with van der Waals surface area (Å²) in [6.07, 6.45) is 1.44. The number of anilines is 1. The van der Waals surface area contributed by atoms with Gasteiger partial charge in [-0.1, -0.05) is 59.1 Å². The lowest BCUT2D eigenvalue weighted by Crippen LogP contribution is -2.39. The lowest BCUT2D eigenvalue weighted by atomic mass is 10.2. The average Bonchev–Trinajstić information content (AvgIpc) is 2.96. The van der Waals surface area contributed by atoms with E-state index in [1.54, 1.807) is 42.5 Å². The molecule has 8 nitrogen and oxygen atoms in total. The minimum Gasteiger partial charge on any atom is -0.495 e. The number of hydrogen-bond donors (Lipinski definition) is 1. The number of hydrazone groups is 1. The molecule has 0 heterocycles. The van der Waals surface area contributed by atoms with E-state index in [0.717, 1.165) is 15.4 Å². The first-order valence-electron chi connectivity index (χ1n) is 12.4. The highest BCUT2D eigenvalue weighted by Gasteiger charge is 2.27. The predicted molar refractivity (Wildman–Crippen MR) is 162 cm³/mol. The summed E-state index contributed by atoms with van der Waals surface area (Å²) in [5, 5.41) is 4.82. The van der Waals surface area contributed by atoms with Crippen molar-refractivity contribution in [1.29, 1.82) is 0 Å². The van der Waals surface area contributed by atoms with Crippen molar-refractivity contribution in [1.82, 2.24) is 5.43 Å². The zero-order valence-electron chi connectivity index (χ0n) is 22.3. The van der Waals surface area contributed by atoms with Crippen LogP contribution in [0.5, 0.6) is 11.5 Å². The molecule has 0 saturated carbocycles. The molecule has 0 radical (unpaired) electrons. The Morgan fingerprint density at radius 1 is 0.951 bits per heavy atom. The van der Waals surface area contributed by atoms with Crippen molar-refractivity contribution < 1.29 is 22.7 Å². The highest BCUT2D eigenvalue weighted by Crippen LogP contribution is 2.32. The summed E-state index contributed by atoms with van der Waals surface area (Å²) < 4.78 is 39.0. The maximum atomic E-state index is 13.5. The number of sulfonamides is 1. The molecular weight excluding hydrogens is 585 g/mol. The second-order valence-electron chi connectivity index (χ2n) is 8.89. The number of ether oxygens (including phenoxy) is 2. The molecule has 4 aromatic carbocycles. The van der Waals surface area contributed by atoms with Crippen molar-refractivity contribution in [3.8, 4) is 11.5 Å². The van der Waals surface area contributed by atoms with Crippen LogP contribution >= 0.6 is 23.2 Å². The van der Waals surface area contributed by atoms with Crippen molar-refractivity contribution in [2.75, 3.05) is 18.0 Å². The molecule has 41 heavy (non-hydrogen) atoms. The van der Waals surface area contributed by atoms with Gasteiger partial charge >= 0.3 is 0 Å². The minimum absolute atomic E-state index is 0.0307. The molecule has 0 aliphatic heterocycles. The molecule has 0 fully saturated rings. The summed E-state index contributed by atoms with van der Waals surface area (Å²) in [6, 6.07) is 25.3. The number of methoxy groups -OCH3 is 1. The van der Waals surface area contributed by atoms with Crippen molar-refractivity contribution in [3.05, 3.63) is 118 Å². The van der Waals surface area contributed by atoms with E-state index in [0.29, 0.717) is 28.7 Å². The molecule has 11 heteroatoms. The SMILES string of the molecule is COc1ccc(N(CC(=O)N/N=C\c2ccc(OCc3ccccc3Cl)cc2)S(=O)(=O)c2ccc(C)cc2)cc1Cl. The molecule has 1 N–H and O–H groups in total. The highest BCUT2D eigenvalue weighted by atomic mass is 35.5. The summed E-state index contributed by atoms with van der Waals surface area (Å²) in [4.78, 5) is 12.9. The van der Waals surface area contributed by atoms with Crippen molar-refractivity contribution in [2.45, 2.75) is 18.4 Å². The molecule has 4 rings (SSSR count). The second kappa shape index (κ2) is 13.5. The molecule has 0 aliphatic rings. The van der Waals surface area contributed by atoms with Gasteiger partial charge in [0.2, 0.25) is 0 Å². The first kappa shape index (κ1) is 29.9. The van der Waals surface area contributed by atoms with E-state index in [2.05, 4.69) is 10.5 Å².